The molecule has 17 heteroatoms. The van der Waals surface area contributed by atoms with Crippen LogP contribution in [0.5, 0.6) is 23.0 Å². The number of thiazole rings is 1. The summed E-state index contributed by atoms with van der Waals surface area (Å²) in [5.74, 6) is 0.356. The van der Waals surface area contributed by atoms with E-state index in [1.54, 1.807) is 48.7 Å². The molecule has 0 aliphatic carbocycles. The summed E-state index contributed by atoms with van der Waals surface area (Å²) < 4.78 is 62.0. The van der Waals surface area contributed by atoms with Crippen molar-refractivity contribution in [1.29, 1.82) is 0 Å². The Kier molecular flexibility index (Phi) is 14.9. The van der Waals surface area contributed by atoms with Crippen molar-refractivity contribution in [2.75, 3.05) is 78.2 Å². The normalized spacial score (nSPS) is 17.5. The molecular weight excluding hydrogens is 823 g/mol. The Morgan fingerprint density at radius 2 is 1.40 bits per heavy atom. The highest BCUT2D eigenvalue weighted by Gasteiger charge is 2.24. The number of esters is 2. The number of nitrogens with zero attached hydrogens (tertiary/aromatic N) is 3. The van der Waals surface area contributed by atoms with Crippen LogP contribution in [0.25, 0.3) is 10.2 Å². The Morgan fingerprint density at radius 3 is 2.08 bits per heavy atom. The molecule has 16 nitrogen and oxygen atoms in total. The number of aromatic nitrogens is 1. The first-order valence-corrected chi connectivity index (χ1v) is 21.2. The fraction of sp³-hybridized carbons (Fsp3) is 0.378. The summed E-state index contributed by atoms with van der Waals surface area (Å²) in [4.78, 5) is 31.5. The largest absolute Gasteiger partial charge is 0.468 e. The van der Waals surface area contributed by atoms with Crippen molar-refractivity contribution in [3.05, 3.63) is 107 Å². The lowest BCUT2D eigenvalue weighted by Crippen LogP contribution is -2.17. The molecule has 0 bridgehead atoms. The number of hydrogen-bond acceptors (Lipinski definition) is 17. The maximum Gasteiger partial charge on any atom is 0.343 e. The highest BCUT2D eigenvalue weighted by molar-refractivity contribution is 7.22. The first-order chi connectivity index (χ1) is 30.5. The minimum Gasteiger partial charge on any atom is -0.468 e. The third kappa shape index (κ3) is 12.9. The molecule has 0 spiro atoms. The number of anilines is 1. The SMILES string of the molecule is CCCN(/N=C/c1cc(CCOC(=O)c2ccc(OCOCC3CO3)cc2)ccc1OC(=O)c1ccc(OCOCC2CO2)c(OCOCC2CO2)c1)c1nc2ccccc2s1. The number of carbonyl (C=O) groups excluding carboxylic acids is 2. The van der Waals surface area contributed by atoms with Crippen molar-refractivity contribution >= 4 is 44.8 Å². The first-order valence-electron chi connectivity index (χ1n) is 20.4. The molecule has 4 aromatic carbocycles. The van der Waals surface area contributed by atoms with E-state index in [2.05, 4.69) is 6.92 Å². The highest BCUT2D eigenvalue weighted by Crippen LogP contribution is 2.32. The number of benzene rings is 4. The average Bonchev–Trinajstić information content (AvgIpc) is 4.18. The van der Waals surface area contributed by atoms with Crippen LogP contribution in [0.4, 0.5) is 5.13 Å². The Balaban J connectivity index is 0.954. The van der Waals surface area contributed by atoms with E-state index in [4.69, 9.17) is 62.2 Å². The summed E-state index contributed by atoms with van der Waals surface area (Å²) in [7, 11) is 0. The second-order valence-electron chi connectivity index (χ2n) is 14.4. The summed E-state index contributed by atoms with van der Waals surface area (Å²) in [6.07, 6.45) is 3.14. The van der Waals surface area contributed by atoms with Crippen LogP contribution in [0.3, 0.4) is 0 Å². The van der Waals surface area contributed by atoms with Crippen molar-refractivity contribution in [1.82, 2.24) is 4.98 Å². The van der Waals surface area contributed by atoms with Gasteiger partial charge in [-0.05, 0) is 78.7 Å². The molecule has 1 aromatic heterocycles. The predicted molar refractivity (Wildman–Crippen MR) is 227 cm³/mol. The lowest BCUT2D eigenvalue weighted by atomic mass is 10.1. The molecule has 3 atom stereocenters. The Morgan fingerprint density at radius 1 is 0.758 bits per heavy atom. The minimum atomic E-state index is -0.638. The molecule has 3 unspecified atom stereocenters. The van der Waals surface area contributed by atoms with Gasteiger partial charge < -0.3 is 52.1 Å². The number of rotatable bonds is 26. The van der Waals surface area contributed by atoms with Gasteiger partial charge in [0.05, 0.1) is 73.8 Å². The van der Waals surface area contributed by atoms with Crippen LogP contribution in [-0.4, -0.2) is 115 Å². The van der Waals surface area contributed by atoms with Gasteiger partial charge in [0.2, 0.25) is 5.13 Å². The summed E-state index contributed by atoms with van der Waals surface area (Å²) in [5, 5.41) is 7.40. The van der Waals surface area contributed by atoms with Gasteiger partial charge in [0.15, 0.2) is 31.9 Å². The number of epoxide rings is 3. The van der Waals surface area contributed by atoms with Crippen LogP contribution < -0.4 is 24.0 Å². The van der Waals surface area contributed by atoms with Crippen molar-refractivity contribution in [3.63, 3.8) is 0 Å². The quantitative estimate of drug-likeness (QED) is 0.0113. The number of fused-ring (bicyclic) bond motifs is 1. The zero-order valence-electron chi connectivity index (χ0n) is 34.1. The molecule has 3 saturated heterocycles. The average molecular weight is 870 g/mol. The molecule has 0 saturated carbocycles. The summed E-state index contributed by atoms with van der Waals surface area (Å²) >= 11 is 1.54. The molecule has 3 aliphatic rings. The predicted octanol–water partition coefficient (Wildman–Crippen LogP) is 6.42. The van der Waals surface area contributed by atoms with E-state index in [1.807, 2.05) is 41.4 Å². The van der Waals surface area contributed by atoms with E-state index in [1.165, 1.54) is 17.4 Å². The molecule has 5 aromatic rings. The standard InChI is InChI=1S/C45H47N3O13S/c1-2-16-48(45-47-38-5-3-4-6-42(38)62-45)46-20-33-18-30(15-17-54-43(49)31-8-11-34(12-9-31)58-27-51-21-35-24-55-35)7-13-39(33)61-44(50)32-10-14-40(59-28-52-22-36-25-56-36)41(19-32)60-29-53-23-37-26-57-37/h3-14,18-20,35-37H,2,15-17,21-29H2,1H3/b46-20+. The lowest BCUT2D eigenvalue weighted by Gasteiger charge is -2.16. The van der Waals surface area contributed by atoms with Crippen LogP contribution in [0.15, 0.2) is 90.0 Å². The van der Waals surface area contributed by atoms with Crippen LogP contribution >= 0.6 is 11.3 Å². The van der Waals surface area contributed by atoms with Crippen LogP contribution in [0.1, 0.15) is 45.2 Å². The van der Waals surface area contributed by atoms with Crippen LogP contribution in [0, 0.1) is 0 Å². The maximum atomic E-state index is 13.8. The van der Waals surface area contributed by atoms with Gasteiger partial charge in [-0.3, -0.25) is 0 Å². The molecular formula is C45H47N3O13S. The Bertz CT molecular complexity index is 2260. The molecule has 3 aliphatic heterocycles. The molecule has 0 radical (unpaired) electrons. The topological polar surface area (TPSA) is 174 Å². The molecule has 4 heterocycles. The van der Waals surface area contributed by atoms with Crippen molar-refractivity contribution in [2.45, 2.75) is 38.1 Å². The fourth-order valence-electron chi connectivity index (χ4n) is 5.87. The van der Waals surface area contributed by atoms with E-state index in [9.17, 15) is 9.59 Å². The monoisotopic (exact) mass is 869 g/mol. The third-order valence-corrected chi connectivity index (χ3v) is 10.5. The summed E-state index contributed by atoms with van der Waals surface area (Å²) in [6, 6.07) is 24.7. The van der Waals surface area contributed by atoms with E-state index in [0.717, 1.165) is 27.3 Å². The number of hydrogen-bond donors (Lipinski definition) is 0. The smallest absolute Gasteiger partial charge is 0.343 e. The second-order valence-corrected chi connectivity index (χ2v) is 15.4. The van der Waals surface area contributed by atoms with Gasteiger partial charge in [-0.2, -0.15) is 5.10 Å². The van der Waals surface area contributed by atoms with Crippen molar-refractivity contribution < 1.29 is 61.7 Å². The number of hydrazone groups is 1. The molecule has 8 rings (SSSR count). The van der Waals surface area contributed by atoms with E-state index in [-0.39, 0.29) is 62.4 Å². The van der Waals surface area contributed by atoms with Gasteiger partial charge in [-0.1, -0.05) is 36.5 Å². The summed E-state index contributed by atoms with van der Waals surface area (Å²) in [6.45, 7) is 6.05. The minimum absolute atomic E-state index is 0.0346. The zero-order chi connectivity index (χ0) is 42.5. The Labute approximate surface area is 362 Å². The number of para-hydroxylation sites is 1. The maximum absolute atomic E-state index is 13.8. The first kappa shape index (κ1) is 43.0. The van der Waals surface area contributed by atoms with Crippen LogP contribution in [0.2, 0.25) is 0 Å². The van der Waals surface area contributed by atoms with Gasteiger partial charge in [0.25, 0.3) is 0 Å². The van der Waals surface area contributed by atoms with Gasteiger partial charge in [-0.25, -0.2) is 19.6 Å². The molecule has 3 fully saturated rings. The van der Waals surface area contributed by atoms with Gasteiger partial charge in [-0.15, -0.1) is 0 Å². The lowest BCUT2D eigenvalue weighted by molar-refractivity contribution is -0.00649. The second kappa shape index (κ2) is 21.4. The van der Waals surface area contributed by atoms with Crippen molar-refractivity contribution in [3.8, 4) is 23.0 Å². The third-order valence-electron chi connectivity index (χ3n) is 9.47. The highest BCUT2D eigenvalue weighted by atomic mass is 32.1. The van der Waals surface area contributed by atoms with Gasteiger partial charge in [0.1, 0.15) is 29.8 Å². The zero-order valence-corrected chi connectivity index (χ0v) is 35.0. The molecule has 0 N–H and O–H groups in total. The van der Waals surface area contributed by atoms with E-state index < -0.39 is 11.9 Å². The van der Waals surface area contributed by atoms with Gasteiger partial charge >= 0.3 is 11.9 Å². The van der Waals surface area contributed by atoms with Crippen LogP contribution in [-0.2, 0) is 39.6 Å². The fourth-order valence-corrected chi connectivity index (χ4v) is 6.82. The number of ether oxygens (including phenoxy) is 11. The molecule has 326 valence electrons. The van der Waals surface area contributed by atoms with Gasteiger partial charge in [0, 0.05) is 18.5 Å². The summed E-state index contributed by atoms with van der Waals surface area (Å²) in [5.41, 5.74) is 2.83. The Hall–Kier alpha value is -5.66. The number of carbonyl (C=O) groups is 2. The van der Waals surface area contributed by atoms with Crippen molar-refractivity contribution in [2.24, 2.45) is 5.10 Å². The van der Waals surface area contributed by atoms with E-state index in [0.29, 0.717) is 75.2 Å². The molecule has 62 heavy (non-hydrogen) atoms. The van der Waals surface area contributed by atoms with E-state index >= 15 is 0 Å². The molecule has 0 amide bonds.